The Balaban J connectivity index is 2.00. The fourth-order valence-corrected chi connectivity index (χ4v) is 3.63. The predicted octanol–water partition coefficient (Wildman–Crippen LogP) is 4.73. The van der Waals surface area contributed by atoms with Gasteiger partial charge >= 0.3 is 6.18 Å². The number of benzene rings is 2. The molecule has 0 bridgehead atoms. The highest BCUT2D eigenvalue weighted by Crippen LogP contribution is 2.38. The van der Waals surface area contributed by atoms with Crippen LogP contribution in [-0.4, -0.2) is 23.5 Å². The van der Waals surface area contributed by atoms with Gasteiger partial charge in [0.05, 0.1) is 15.9 Å². The van der Waals surface area contributed by atoms with Gasteiger partial charge < -0.3 is 4.90 Å². The Morgan fingerprint density at radius 3 is 2.55 bits per heavy atom. The third kappa shape index (κ3) is 4.60. The van der Waals surface area contributed by atoms with E-state index in [1.54, 1.807) is 11.9 Å². The second-order valence-corrected chi connectivity index (χ2v) is 7.10. The third-order valence-electron chi connectivity index (χ3n) is 4.03. The molecule has 150 valence electrons. The van der Waals surface area contributed by atoms with Crippen molar-refractivity contribution in [3.8, 4) is 0 Å². The van der Waals surface area contributed by atoms with E-state index in [0.717, 1.165) is 16.9 Å². The number of nitro groups is 1. The molecule has 0 aliphatic carbocycles. The highest BCUT2D eigenvalue weighted by molar-refractivity contribution is 7.22. The highest BCUT2D eigenvalue weighted by atomic mass is 32.1. The van der Waals surface area contributed by atoms with Crippen LogP contribution in [0, 0.1) is 10.1 Å². The largest absolute Gasteiger partial charge is 0.416 e. The minimum atomic E-state index is -4.81. The van der Waals surface area contributed by atoms with E-state index in [-0.39, 0.29) is 9.83 Å². The van der Waals surface area contributed by atoms with Gasteiger partial charge in [0.1, 0.15) is 4.70 Å². The summed E-state index contributed by atoms with van der Waals surface area (Å²) in [7, 11) is 1.63. The van der Waals surface area contributed by atoms with Crippen LogP contribution in [0.4, 0.5) is 24.0 Å². The van der Waals surface area contributed by atoms with Gasteiger partial charge in [0.15, 0.2) is 5.13 Å². The minimum absolute atomic E-state index is 0.142. The lowest BCUT2D eigenvalue weighted by Crippen LogP contribution is -2.21. The molecule has 1 aromatic heterocycles. The maximum Gasteiger partial charge on any atom is 0.416 e. The van der Waals surface area contributed by atoms with Gasteiger partial charge in [-0.25, -0.2) is 0 Å². The lowest BCUT2D eigenvalue weighted by Gasteiger charge is -2.15. The van der Waals surface area contributed by atoms with Crippen LogP contribution in [0.3, 0.4) is 0 Å². The summed E-state index contributed by atoms with van der Waals surface area (Å²) in [5.41, 5.74) is -2.00. The molecule has 0 fully saturated rings. The normalized spacial score (nSPS) is 11.9. The second kappa shape index (κ2) is 8.00. The monoisotopic (exact) mass is 421 g/mol. The molecule has 2 aromatic carbocycles. The number of hydrogen-bond acceptors (Lipinski definition) is 6. The van der Waals surface area contributed by atoms with E-state index >= 15 is 0 Å². The molecule has 0 amide bonds. The average Bonchev–Trinajstić information content (AvgIpc) is 2.67. The van der Waals surface area contributed by atoms with Gasteiger partial charge in [0.25, 0.3) is 11.2 Å². The van der Waals surface area contributed by atoms with Gasteiger partial charge in [0.2, 0.25) is 0 Å². The van der Waals surface area contributed by atoms with Gasteiger partial charge in [-0.15, -0.1) is 0 Å². The first-order chi connectivity index (χ1) is 13.7. The van der Waals surface area contributed by atoms with Crippen molar-refractivity contribution in [1.29, 1.82) is 0 Å². The number of non-ortho nitro benzene ring substituents is 1. The second-order valence-electron chi connectivity index (χ2n) is 6.12. The summed E-state index contributed by atoms with van der Waals surface area (Å²) in [6.45, 7) is 0.345. The molecule has 0 unspecified atom stereocenters. The van der Waals surface area contributed by atoms with Gasteiger partial charge in [-0.3, -0.25) is 14.9 Å². The summed E-state index contributed by atoms with van der Waals surface area (Å²) in [5, 5.41) is 11.1. The number of fused-ring (bicyclic) bond motifs is 1. The Labute approximate surface area is 166 Å². The van der Waals surface area contributed by atoms with Crippen molar-refractivity contribution in [2.24, 2.45) is 0 Å². The van der Waals surface area contributed by atoms with Crippen molar-refractivity contribution in [1.82, 2.24) is 4.98 Å². The van der Waals surface area contributed by atoms with Crippen LogP contribution in [0.15, 0.2) is 53.3 Å². The Morgan fingerprint density at radius 1 is 1.24 bits per heavy atom. The first-order valence-electron chi connectivity index (χ1n) is 8.30. The van der Waals surface area contributed by atoms with Crippen LogP contribution in [0.2, 0.25) is 0 Å². The van der Waals surface area contributed by atoms with E-state index < -0.39 is 33.3 Å². The quantitative estimate of drug-likeness (QED) is 0.440. The van der Waals surface area contributed by atoms with Crippen LogP contribution in [0.1, 0.15) is 11.1 Å². The number of rotatable bonds is 5. The molecule has 0 atom stereocenters. The number of aromatic nitrogens is 1. The van der Waals surface area contributed by atoms with E-state index in [2.05, 4.69) is 4.98 Å². The fourth-order valence-electron chi connectivity index (χ4n) is 2.59. The van der Waals surface area contributed by atoms with Crippen LogP contribution < -0.4 is 10.5 Å². The summed E-state index contributed by atoms with van der Waals surface area (Å²) in [4.78, 5) is 28.1. The predicted molar refractivity (Wildman–Crippen MR) is 106 cm³/mol. The van der Waals surface area contributed by atoms with Crippen LogP contribution in [0.25, 0.3) is 16.2 Å². The maximum atomic E-state index is 13.0. The molecule has 0 radical (unpaired) electrons. The van der Waals surface area contributed by atoms with Crippen molar-refractivity contribution in [3.63, 3.8) is 0 Å². The van der Waals surface area contributed by atoms with E-state index in [0.29, 0.717) is 18.7 Å². The van der Waals surface area contributed by atoms with E-state index in [9.17, 15) is 28.1 Å². The first kappa shape index (κ1) is 20.5. The fraction of sp³-hybridized carbons (Fsp3) is 0.158. The molecular weight excluding hydrogens is 407 g/mol. The number of hydrogen-bond donors (Lipinski definition) is 0. The number of anilines is 1. The van der Waals surface area contributed by atoms with Crippen molar-refractivity contribution in [2.75, 3.05) is 18.5 Å². The highest BCUT2D eigenvalue weighted by Gasteiger charge is 2.34. The van der Waals surface area contributed by atoms with Gasteiger partial charge in [-0.05, 0) is 11.6 Å². The standard InChI is InChI=1S/C19H14F3N3O3S/c1-24(9-5-8-12-6-3-2-4-7-12)18-23-17(26)14-10-13(19(20,21)22)11-15(25(27)28)16(14)29-18/h2-8,10-11H,9H2,1H3/b8-5+. The number of alkyl halides is 3. The summed E-state index contributed by atoms with van der Waals surface area (Å²) < 4.78 is 38.9. The van der Waals surface area contributed by atoms with Crippen molar-refractivity contribution in [3.05, 3.63) is 80.1 Å². The summed E-state index contributed by atoms with van der Waals surface area (Å²) in [6, 6.07) is 10.5. The van der Waals surface area contributed by atoms with E-state index in [1.807, 2.05) is 42.5 Å². The lowest BCUT2D eigenvalue weighted by molar-refractivity contribution is -0.383. The number of halogens is 3. The molecule has 3 aromatic rings. The zero-order valence-electron chi connectivity index (χ0n) is 15.0. The van der Waals surface area contributed by atoms with Gasteiger partial charge in [-0.2, -0.15) is 18.2 Å². The first-order valence-corrected chi connectivity index (χ1v) is 9.11. The molecule has 1 heterocycles. The number of likely N-dealkylation sites (N-methyl/N-ethyl adjacent to an activating group) is 1. The van der Waals surface area contributed by atoms with Crippen LogP contribution >= 0.6 is 11.3 Å². The molecule has 3 rings (SSSR count). The topological polar surface area (TPSA) is 76.3 Å². The number of nitro benzene ring substituents is 1. The minimum Gasteiger partial charge on any atom is -0.347 e. The lowest BCUT2D eigenvalue weighted by atomic mass is 10.1. The Hall–Kier alpha value is -3.27. The summed E-state index contributed by atoms with van der Waals surface area (Å²) in [6.07, 6.45) is -1.13. The number of nitrogens with zero attached hydrogens (tertiary/aromatic N) is 3. The zero-order valence-corrected chi connectivity index (χ0v) is 15.8. The van der Waals surface area contributed by atoms with Gasteiger partial charge in [-0.1, -0.05) is 53.8 Å². The third-order valence-corrected chi connectivity index (χ3v) is 5.25. The molecule has 10 heteroatoms. The molecule has 0 saturated heterocycles. The van der Waals surface area contributed by atoms with E-state index in [1.165, 1.54) is 0 Å². The van der Waals surface area contributed by atoms with Crippen LogP contribution in [0.5, 0.6) is 0 Å². The van der Waals surface area contributed by atoms with E-state index in [4.69, 9.17) is 0 Å². The molecule has 29 heavy (non-hydrogen) atoms. The average molecular weight is 421 g/mol. The smallest absolute Gasteiger partial charge is 0.347 e. The van der Waals surface area contributed by atoms with Crippen molar-refractivity contribution >= 4 is 38.3 Å². The molecule has 0 N–H and O–H groups in total. The molecule has 0 aliphatic heterocycles. The summed E-state index contributed by atoms with van der Waals surface area (Å²) in [5.74, 6) is 0. The molecule has 0 saturated carbocycles. The van der Waals surface area contributed by atoms with Crippen molar-refractivity contribution in [2.45, 2.75) is 6.18 Å². The van der Waals surface area contributed by atoms with Crippen LogP contribution in [-0.2, 0) is 6.18 Å². The summed E-state index contributed by atoms with van der Waals surface area (Å²) >= 11 is 0.802. The Bertz CT molecular complexity index is 1140. The molecule has 0 spiro atoms. The SMILES string of the molecule is CN(C/C=C/c1ccccc1)c1nc(=O)c2cc(C(F)(F)F)cc([N+](=O)[O-])c2s1. The molecular formula is C19H14F3N3O3S. The Morgan fingerprint density at radius 2 is 1.93 bits per heavy atom. The van der Waals surface area contributed by atoms with Gasteiger partial charge in [0, 0.05) is 19.7 Å². The maximum absolute atomic E-state index is 13.0. The zero-order chi connectivity index (χ0) is 21.2. The molecule has 0 aliphatic rings. The molecule has 6 nitrogen and oxygen atoms in total. The van der Waals surface area contributed by atoms with Crippen molar-refractivity contribution < 1.29 is 18.1 Å². The Kier molecular flexibility index (Phi) is 5.64.